The second-order valence-corrected chi connectivity index (χ2v) is 3.14. The molecule has 0 radical (unpaired) electrons. The third-order valence-electron chi connectivity index (χ3n) is 2.40. The Bertz CT molecular complexity index is 316. The molecule has 0 unspecified atom stereocenters. The number of hydrogen-bond acceptors (Lipinski definition) is 0. The Morgan fingerprint density at radius 2 is 1.77 bits per heavy atom. The van der Waals surface area contributed by atoms with Gasteiger partial charge in [0.15, 0.2) is 0 Å². The molecule has 0 aliphatic carbocycles. The molecule has 0 amide bonds. The summed E-state index contributed by atoms with van der Waals surface area (Å²) in [6.07, 6.45) is 1.08. The minimum atomic E-state index is -0.414. The van der Waals surface area contributed by atoms with Crippen LogP contribution in [0.25, 0.3) is 0 Å². The summed E-state index contributed by atoms with van der Waals surface area (Å²) in [7, 11) is 0. The Balaban J connectivity index is 3.37. The van der Waals surface area contributed by atoms with Crippen molar-refractivity contribution in [3.8, 4) is 0 Å². The first kappa shape index (κ1) is 10.2. The fourth-order valence-electron chi connectivity index (χ4n) is 1.51. The SMILES string of the molecule is CCc1cc(F)c(CC)c(F)c1C. The summed E-state index contributed by atoms with van der Waals surface area (Å²) >= 11 is 0. The van der Waals surface area contributed by atoms with Crippen LogP contribution in [-0.4, -0.2) is 0 Å². The molecule has 1 aromatic carbocycles. The highest BCUT2D eigenvalue weighted by molar-refractivity contribution is 5.34. The molecule has 0 spiro atoms. The molecule has 0 aliphatic rings. The van der Waals surface area contributed by atoms with E-state index in [1.807, 2.05) is 6.92 Å². The second kappa shape index (κ2) is 3.86. The van der Waals surface area contributed by atoms with Crippen molar-refractivity contribution in [1.29, 1.82) is 0 Å². The Morgan fingerprint density at radius 1 is 1.15 bits per heavy atom. The zero-order chi connectivity index (χ0) is 10.0. The van der Waals surface area contributed by atoms with Gasteiger partial charge in [0.25, 0.3) is 0 Å². The zero-order valence-corrected chi connectivity index (χ0v) is 8.25. The third kappa shape index (κ3) is 1.71. The Kier molecular flexibility index (Phi) is 3.02. The molecular formula is C11H14F2. The van der Waals surface area contributed by atoms with Crippen LogP contribution in [0.3, 0.4) is 0 Å². The van der Waals surface area contributed by atoms with Gasteiger partial charge in [0.1, 0.15) is 11.6 Å². The smallest absolute Gasteiger partial charge is 0.132 e. The lowest BCUT2D eigenvalue weighted by Crippen LogP contribution is -2.01. The molecule has 1 rings (SSSR count). The quantitative estimate of drug-likeness (QED) is 0.660. The van der Waals surface area contributed by atoms with E-state index in [-0.39, 0.29) is 11.4 Å². The highest BCUT2D eigenvalue weighted by atomic mass is 19.1. The van der Waals surface area contributed by atoms with Crippen molar-refractivity contribution < 1.29 is 8.78 Å². The van der Waals surface area contributed by atoms with E-state index in [2.05, 4.69) is 0 Å². The van der Waals surface area contributed by atoms with Gasteiger partial charge in [-0.2, -0.15) is 0 Å². The molecule has 0 aliphatic heterocycles. The first-order valence-corrected chi connectivity index (χ1v) is 4.58. The van der Waals surface area contributed by atoms with Crippen LogP contribution in [0.5, 0.6) is 0 Å². The first-order valence-electron chi connectivity index (χ1n) is 4.58. The maximum absolute atomic E-state index is 13.5. The van der Waals surface area contributed by atoms with E-state index in [0.29, 0.717) is 18.4 Å². The van der Waals surface area contributed by atoms with Crippen LogP contribution in [0.1, 0.15) is 30.5 Å². The summed E-state index contributed by atoms with van der Waals surface area (Å²) in [4.78, 5) is 0. The number of halogens is 2. The van der Waals surface area contributed by atoms with Gasteiger partial charge < -0.3 is 0 Å². The second-order valence-electron chi connectivity index (χ2n) is 3.14. The Morgan fingerprint density at radius 3 is 2.23 bits per heavy atom. The molecule has 0 heterocycles. The number of benzene rings is 1. The highest BCUT2D eigenvalue weighted by Gasteiger charge is 2.12. The maximum atomic E-state index is 13.5. The van der Waals surface area contributed by atoms with Crippen LogP contribution in [0.4, 0.5) is 8.78 Å². The van der Waals surface area contributed by atoms with Gasteiger partial charge in [-0.1, -0.05) is 13.8 Å². The van der Waals surface area contributed by atoms with Crippen molar-refractivity contribution >= 4 is 0 Å². The predicted octanol–water partition coefficient (Wildman–Crippen LogP) is 3.40. The molecule has 0 nitrogen and oxygen atoms in total. The average molecular weight is 184 g/mol. The number of rotatable bonds is 2. The maximum Gasteiger partial charge on any atom is 0.132 e. The van der Waals surface area contributed by atoms with Crippen molar-refractivity contribution in [1.82, 2.24) is 0 Å². The van der Waals surface area contributed by atoms with E-state index < -0.39 is 5.82 Å². The van der Waals surface area contributed by atoms with Crippen molar-refractivity contribution in [2.75, 3.05) is 0 Å². The minimum Gasteiger partial charge on any atom is -0.207 e. The van der Waals surface area contributed by atoms with Gasteiger partial charge in [-0.25, -0.2) is 8.78 Å². The molecule has 1 aromatic rings. The summed E-state index contributed by atoms with van der Waals surface area (Å²) < 4.78 is 26.7. The fourth-order valence-corrected chi connectivity index (χ4v) is 1.51. The molecule has 0 bridgehead atoms. The molecular weight excluding hydrogens is 170 g/mol. The van der Waals surface area contributed by atoms with Crippen LogP contribution >= 0.6 is 0 Å². The lowest BCUT2D eigenvalue weighted by molar-refractivity contribution is 0.549. The van der Waals surface area contributed by atoms with Crippen LogP contribution in [0.2, 0.25) is 0 Å². The standard InChI is InChI=1S/C11H14F2/c1-4-8-6-10(12)9(5-2)11(13)7(8)3/h6H,4-5H2,1-3H3. The summed E-state index contributed by atoms with van der Waals surface area (Å²) in [6.45, 7) is 5.35. The Hall–Kier alpha value is -0.920. The van der Waals surface area contributed by atoms with Gasteiger partial charge in [0.2, 0.25) is 0 Å². The lowest BCUT2D eigenvalue weighted by Gasteiger charge is -2.09. The fraction of sp³-hybridized carbons (Fsp3) is 0.455. The molecule has 72 valence electrons. The molecule has 0 saturated heterocycles. The van der Waals surface area contributed by atoms with Crippen molar-refractivity contribution in [2.45, 2.75) is 33.6 Å². The number of aryl methyl sites for hydroxylation is 1. The summed E-state index contributed by atoms with van der Waals surface area (Å²) in [5.41, 5.74) is 1.54. The molecule has 0 atom stereocenters. The van der Waals surface area contributed by atoms with E-state index in [4.69, 9.17) is 0 Å². The van der Waals surface area contributed by atoms with Crippen molar-refractivity contribution in [3.63, 3.8) is 0 Å². The van der Waals surface area contributed by atoms with Crippen LogP contribution in [0.15, 0.2) is 6.07 Å². The van der Waals surface area contributed by atoms with Crippen LogP contribution in [-0.2, 0) is 12.8 Å². The summed E-state index contributed by atoms with van der Waals surface area (Å²) in [5, 5.41) is 0. The van der Waals surface area contributed by atoms with Crippen LogP contribution in [0, 0.1) is 18.6 Å². The van der Waals surface area contributed by atoms with Gasteiger partial charge in [-0.05, 0) is 37.0 Å². The third-order valence-corrected chi connectivity index (χ3v) is 2.40. The van der Waals surface area contributed by atoms with Gasteiger partial charge in [-0.15, -0.1) is 0 Å². The van der Waals surface area contributed by atoms with E-state index in [1.54, 1.807) is 13.8 Å². The van der Waals surface area contributed by atoms with Gasteiger partial charge in [-0.3, -0.25) is 0 Å². The van der Waals surface area contributed by atoms with Gasteiger partial charge in [0.05, 0.1) is 0 Å². The van der Waals surface area contributed by atoms with E-state index in [1.165, 1.54) is 6.07 Å². The van der Waals surface area contributed by atoms with E-state index in [9.17, 15) is 8.78 Å². The lowest BCUT2D eigenvalue weighted by atomic mass is 10.0. The monoisotopic (exact) mass is 184 g/mol. The summed E-state index contributed by atoms with van der Waals surface area (Å²) in [5.74, 6) is -0.790. The first-order chi connectivity index (χ1) is 6.11. The summed E-state index contributed by atoms with van der Waals surface area (Å²) in [6, 6.07) is 1.44. The molecule has 2 heteroatoms. The van der Waals surface area contributed by atoms with Gasteiger partial charge >= 0.3 is 0 Å². The average Bonchev–Trinajstić information content (AvgIpc) is 2.12. The van der Waals surface area contributed by atoms with Crippen LogP contribution < -0.4 is 0 Å². The van der Waals surface area contributed by atoms with E-state index in [0.717, 1.165) is 5.56 Å². The Labute approximate surface area is 77.6 Å². The highest BCUT2D eigenvalue weighted by Crippen LogP contribution is 2.21. The minimum absolute atomic E-state index is 0.203. The van der Waals surface area contributed by atoms with E-state index >= 15 is 0 Å². The van der Waals surface area contributed by atoms with Gasteiger partial charge in [0, 0.05) is 5.56 Å². The van der Waals surface area contributed by atoms with Crippen molar-refractivity contribution in [3.05, 3.63) is 34.4 Å². The molecule has 0 aromatic heterocycles. The normalized spacial score (nSPS) is 10.5. The number of hydrogen-bond donors (Lipinski definition) is 0. The molecule has 0 N–H and O–H groups in total. The molecule has 13 heavy (non-hydrogen) atoms. The largest absolute Gasteiger partial charge is 0.207 e. The predicted molar refractivity (Wildman–Crippen MR) is 49.9 cm³/mol. The van der Waals surface area contributed by atoms with Crippen molar-refractivity contribution in [2.24, 2.45) is 0 Å². The molecule has 0 saturated carbocycles. The molecule has 0 fully saturated rings. The zero-order valence-electron chi connectivity index (χ0n) is 8.25. The topological polar surface area (TPSA) is 0 Å².